The van der Waals surface area contributed by atoms with Crippen molar-refractivity contribution in [1.29, 1.82) is 0 Å². The summed E-state index contributed by atoms with van der Waals surface area (Å²) in [6, 6.07) is 2.71. The molecule has 0 radical (unpaired) electrons. The van der Waals surface area contributed by atoms with Gasteiger partial charge < -0.3 is 4.74 Å². The highest BCUT2D eigenvalue weighted by atomic mass is 35.5. The molecule has 0 saturated carbocycles. The molecule has 0 spiro atoms. The minimum atomic E-state index is -4.43. The maximum absolute atomic E-state index is 12.7. The van der Waals surface area contributed by atoms with E-state index in [9.17, 15) is 13.2 Å². The number of rotatable bonds is 0. The number of hydrogen-bond donors (Lipinski definition) is 0. The summed E-state index contributed by atoms with van der Waals surface area (Å²) in [5.74, 6) is 0.0227. The molecule has 2 rings (SSSR count). The summed E-state index contributed by atoms with van der Waals surface area (Å²) >= 11 is 5.58. The van der Waals surface area contributed by atoms with E-state index in [1.165, 1.54) is 12.1 Å². The molecule has 1 aromatic carbocycles. The van der Waals surface area contributed by atoms with Crippen LogP contribution >= 0.6 is 11.6 Å². The van der Waals surface area contributed by atoms with E-state index in [0.29, 0.717) is 5.75 Å². The zero-order valence-electron chi connectivity index (χ0n) is 7.86. The second-order valence-electron chi connectivity index (χ2n) is 3.54. The largest absolute Gasteiger partial charge is 0.493 e. The molecule has 1 aromatic rings. The van der Waals surface area contributed by atoms with Gasteiger partial charge in [-0.05, 0) is 12.1 Å². The molecule has 0 aromatic heterocycles. The maximum Gasteiger partial charge on any atom is 0.418 e. The number of hydrogen-bond acceptors (Lipinski definition) is 1. The first-order valence-corrected chi connectivity index (χ1v) is 4.81. The summed E-state index contributed by atoms with van der Waals surface area (Å²) in [5, 5.41) is -0.265. The molecule has 5 heteroatoms. The van der Waals surface area contributed by atoms with Crippen LogP contribution in [0.2, 0.25) is 5.02 Å². The average molecular weight is 237 g/mol. The van der Waals surface area contributed by atoms with Crippen molar-refractivity contribution in [3.05, 3.63) is 28.3 Å². The van der Waals surface area contributed by atoms with Crippen LogP contribution in [0.1, 0.15) is 24.0 Å². The Labute approximate surface area is 89.8 Å². The quantitative estimate of drug-likeness (QED) is 0.665. The van der Waals surface area contributed by atoms with Gasteiger partial charge in [0.1, 0.15) is 5.75 Å². The van der Waals surface area contributed by atoms with Crippen molar-refractivity contribution in [3.63, 3.8) is 0 Å². The molecule has 15 heavy (non-hydrogen) atoms. The van der Waals surface area contributed by atoms with Crippen LogP contribution in [-0.4, -0.2) is 6.61 Å². The molecule has 0 fully saturated rings. The molecule has 1 aliphatic heterocycles. The van der Waals surface area contributed by atoms with Gasteiger partial charge in [-0.1, -0.05) is 18.5 Å². The van der Waals surface area contributed by atoms with Crippen LogP contribution < -0.4 is 4.74 Å². The van der Waals surface area contributed by atoms with Crippen molar-refractivity contribution in [2.24, 2.45) is 0 Å². The molecule has 0 N–H and O–H groups in total. The Hall–Kier alpha value is -0.900. The number of fused-ring (bicyclic) bond motifs is 1. The molecule has 1 nitrogen and oxygen atoms in total. The summed E-state index contributed by atoms with van der Waals surface area (Å²) < 4.78 is 43.4. The van der Waals surface area contributed by atoms with Crippen LogP contribution in [0.3, 0.4) is 0 Å². The minimum Gasteiger partial charge on any atom is -0.493 e. The van der Waals surface area contributed by atoms with Crippen LogP contribution in [0.5, 0.6) is 5.75 Å². The van der Waals surface area contributed by atoms with Crippen LogP contribution in [-0.2, 0) is 6.18 Å². The first kappa shape index (κ1) is 10.6. The Kier molecular flexibility index (Phi) is 2.34. The third kappa shape index (κ3) is 1.67. The molecule has 0 bridgehead atoms. The SMILES string of the molecule is CC1COc2ccc(Cl)c(C(F)(F)F)c21. The molecule has 1 unspecified atom stereocenters. The van der Waals surface area contributed by atoms with E-state index < -0.39 is 11.7 Å². The first-order valence-electron chi connectivity index (χ1n) is 4.43. The second-order valence-corrected chi connectivity index (χ2v) is 3.95. The maximum atomic E-state index is 12.7. The molecule has 1 atom stereocenters. The molecular weight excluding hydrogens is 229 g/mol. The van der Waals surface area contributed by atoms with Gasteiger partial charge in [0.25, 0.3) is 0 Å². The minimum absolute atomic E-state index is 0.176. The number of halogens is 4. The van der Waals surface area contributed by atoms with Gasteiger partial charge in [-0.2, -0.15) is 13.2 Å². The van der Waals surface area contributed by atoms with E-state index in [1.54, 1.807) is 6.92 Å². The topological polar surface area (TPSA) is 9.23 Å². The Balaban J connectivity index is 2.68. The lowest BCUT2D eigenvalue weighted by molar-refractivity contribution is -0.138. The number of benzene rings is 1. The predicted molar refractivity (Wildman–Crippen MR) is 50.4 cm³/mol. The lowest BCUT2D eigenvalue weighted by Gasteiger charge is -2.14. The highest BCUT2D eigenvalue weighted by molar-refractivity contribution is 6.31. The summed E-state index contributed by atoms with van der Waals surface area (Å²) in [6.45, 7) is 1.97. The lowest BCUT2D eigenvalue weighted by Crippen LogP contribution is -2.10. The first-order chi connectivity index (χ1) is 6.91. The van der Waals surface area contributed by atoms with Gasteiger partial charge in [0.2, 0.25) is 0 Å². The summed E-state index contributed by atoms with van der Waals surface area (Å²) in [5.41, 5.74) is -0.582. The highest BCUT2D eigenvalue weighted by Gasteiger charge is 2.40. The molecule has 1 aliphatic rings. The van der Waals surface area contributed by atoms with Crippen LogP contribution in [0.25, 0.3) is 0 Å². The summed E-state index contributed by atoms with van der Waals surface area (Å²) in [6.07, 6.45) is -4.43. The second kappa shape index (κ2) is 3.30. The monoisotopic (exact) mass is 236 g/mol. The predicted octanol–water partition coefficient (Wildman–Crippen LogP) is 3.85. The fourth-order valence-electron chi connectivity index (χ4n) is 1.78. The smallest absolute Gasteiger partial charge is 0.418 e. The third-order valence-corrected chi connectivity index (χ3v) is 2.73. The van der Waals surface area contributed by atoms with E-state index in [4.69, 9.17) is 16.3 Å². The Morgan fingerprint density at radius 2 is 2.07 bits per heavy atom. The Morgan fingerprint density at radius 3 is 2.67 bits per heavy atom. The lowest BCUT2D eigenvalue weighted by atomic mass is 9.97. The van der Waals surface area contributed by atoms with Gasteiger partial charge in [-0.15, -0.1) is 0 Å². The van der Waals surface area contributed by atoms with Crippen molar-refractivity contribution in [1.82, 2.24) is 0 Å². The fraction of sp³-hybridized carbons (Fsp3) is 0.400. The number of ether oxygens (including phenoxy) is 1. The average Bonchev–Trinajstić information content (AvgIpc) is 2.46. The summed E-state index contributed by atoms with van der Waals surface area (Å²) in [7, 11) is 0. The summed E-state index contributed by atoms with van der Waals surface area (Å²) in [4.78, 5) is 0. The zero-order chi connectivity index (χ0) is 11.2. The van der Waals surface area contributed by atoms with Gasteiger partial charge >= 0.3 is 6.18 Å². The van der Waals surface area contributed by atoms with Crippen molar-refractivity contribution in [2.75, 3.05) is 6.61 Å². The van der Waals surface area contributed by atoms with Crippen molar-refractivity contribution >= 4 is 11.6 Å². The van der Waals surface area contributed by atoms with E-state index >= 15 is 0 Å². The Bertz CT molecular complexity index is 400. The van der Waals surface area contributed by atoms with E-state index in [2.05, 4.69) is 0 Å². The van der Waals surface area contributed by atoms with Gasteiger partial charge in [0, 0.05) is 11.5 Å². The van der Waals surface area contributed by atoms with Crippen LogP contribution in [0.15, 0.2) is 12.1 Å². The van der Waals surface area contributed by atoms with Gasteiger partial charge in [0.15, 0.2) is 0 Å². The van der Waals surface area contributed by atoms with Crippen molar-refractivity contribution in [2.45, 2.75) is 19.0 Å². The molecule has 0 saturated heterocycles. The molecule has 0 amide bonds. The fourth-order valence-corrected chi connectivity index (χ4v) is 2.05. The standard InChI is InChI=1S/C10H8ClF3O/c1-5-4-15-7-3-2-6(11)9(8(5)7)10(12,13)14/h2-3,5H,4H2,1H3. The van der Waals surface area contributed by atoms with E-state index in [-0.39, 0.29) is 23.1 Å². The molecule has 1 heterocycles. The zero-order valence-corrected chi connectivity index (χ0v) is 8.62. The molecule has 82 valence electrons. The van der Waals surface area contributed by atoms with Crippen molar-refractivity contribution in [3.8, 4) is 5.75 Å². The van der Waals surface area contributed by atoms with Crippen molar-refractivity contribution < 1.29 is 17.9 Å². The van der Waals surface area contributed by atoms with Gasteiger partial charge in [-0.3, -0.25) is 0 Å². The van der Waals surface area contributed by atoms with E-state index in [0.717, 1.165) is 0 Å². The molecular formula is C10H8ClF3O. The van der Waals surface area contributed by atoms with Gasteiger partial charge in [-0.25, -0.2) is 0 Å². The van der Waals surface area contributed by atoms with E-state index in [1.807, 2.05) is 0 Å². The molecule has 0 aliphatic carbocycles. The normalized spacial score (nSPS) is 19.9. The highest BCUT2D eigenvalue weighted by Crippen LogP contribution is 2.46. The van der Waals surface area contributed by atoms with Gasteiger partial charge in [0.05, 0.1) is 17.2 Å². The van der Waals surface area contributed by atoms with Crippen LogP contribution in [0, 0.1) is 0 Å². The Morgan fingerprint density at radius 1 is 1.40 bits per heavy atom. The van der Waals surface area contributed by atoms with Crippen LogP contribution in [0.4, 0.5) is 13.2 Å². The number of alkyl halides is 3. The third-order valence-electron chi connectivity index (χ3n) is 2.42.